The highest BCUT2D eigenvalue weighted by atomic mass is 79.9. The lowest BCUT2D eigenvalue weighted by Gasteiger charge is -2.14. The van der Waals surface area contributed by atoms with Crippen LogP contribution in [0.25, 0.3) is 15.9 Å². The second-order valence-electron chi connectivity index (χ2n) is 8.31. The van der Waals surface area contributed by atoms with Gasteiger partial charge in [-0.3, -0.25) is 14.2 Å². The number of thiophene rings is 1. The summed E-state index contributed by atoms with van der Waals surface area (Å²) in [6, 6.07) is 12.8. The molecule has 2 aromatic heterocycles. The van der Waals surface area contributed by atoms with Gasteiger partial charge in [0.25, 0.3) is 5.56 Å². The van der Waals surface area contributed by atoms with Gasteiger partial charge in [-0.25, -0.2) is 4.98 Å². The molecule has 186 valence electrons. The maximum atomic E-state index is 13.8. The van der Waals surface area contributed by atoms with E-state index >= 15 is 0 Å². The van der Waals surface area contributed by atoms with Crippen molar-refractivity contribution in [2.45, 2.75) is 30.8 Å². The Hall–Kier alpha value is -2.82. The van der Waals surface area contributed by atoms with E-state index in [9.17, 15) is 9.59 Å². The largest absolute Gasteiger partial charge is 0.493 e. The third-order valence-electron chi connectivity index (χ3n) is 6.04. The molecule has 7 nitrogen and oxygen atoms in total. The number of halogens is 1. The summed E-state index contributed by atoms with van der Waals surface area (Å²) in [5, 5.41) is 4.10. The van der Waals surface area contributed by atoms with Gasteiger partial charge < -0.3 is 14.8 Å². The lowest BCUT2D eigenvalue weighted by atomic mass is 9.97. The van der Waals surface area contributed by atoms with Crippen molar-refractivity contribution in [3.8, 4) is 17.2 Å². The van der Waals surface area contributed by atoms with Crippen LogP contribution in [0.3, 0.4) is 0 Å². The number of nitrogens with zero attached hydrogens (tertiary/aromatic N) is 2. The number of fused-ring (bicyclic) bond motifs is 3. The molecule has 1 N–H and O–H groups in total. The minimum atomic E-state index is -0.214. The molecule has 2 aromatic carbocycles. The quantitative estimate of drug-likeness (QED) is 0.217. The molecule has 10 heteroatoms. The number of rotatable bonds is 7. The van der Waals surface area contributed by atoms with E-state index in [-0.39, 0.29) is 17.2 Å². The van der Waals surface area contributed by atoms with Crippen molar-refractivity contribution in [1.29, 1.82) is 0 Å². The van der Waals surface area contributed by atoms with Crippen molar-refractivity contribution in [1.82, 2.24) is 9.55 Å². The van der Waals surface area contributed by atoms with Crippen LogP contribution in [0.4, 0.5) is 5.69 Å². The third-order valence-corrected chi connectivity index (χ3v) is 8.70. The smallest absolute Gasteiger partial charge is 0.267 e. The van der Waals surface area contributed by atoms with Gasteiger partial charge in [0.1, 0.15) is 4.83 Å². The normalized spacial score (nSPS) is 12.9. The Morgan fingerprint density at radius 3 is 2.61 bits per heavy atom. The molecule has 36 heavy (non-hydrogen) atoms. The molecule has 1 aliphatic rings. The average molecular weight is 587 g/mol. The van der Waals surface area contributed by atoms with Crippen molar-refractivity contribution in [2.75, 3.05) is 25.3 Å². The summed E-state index contributed by atoms with van der Waals surface area (Å²) in [6.07, 6.45) is 4.12. The molecule has 1 aliphatic carbocycles. The molecule has 0 radical (unpaired) electrons. The van der Waals surface area contributed by atoms with Gasteiger partial charge in [0, 0.05) is 21.1 Å². The van der Waals surface area contributed by atoms with Crippen molar-refractivity contribution >= 4 is 60.8 Å². The minimum Gasteiger partial charge on any atom is -0.493 e. The Bertz CT molecular complexity index is 1500. The van der Waals surface area contributed by atoms with E-state index < -0.39 is 0 Å². The van der Waals surface area contributed by atoms with E-state index in [2.05, 4.69) is 21.2 Å². The summed E-state index contributed by atoms with van der Waals surface area (Å²) in [5.41, 5.74) is 2.38. The molecular formula is C26H24BrN3O4S2. The zero-order chi connectivity index (χ0) is 25.2. The molecule has 2 heterocycles. The number of benzene rings is 2. The van der Waals surface area contributed by atoms with Gasteiger partial charge >= 0.3 is 0 Å². The number of hydrogen-bond acceptors (Lipinski definition) is 7. The Morgan fingerprint density at radius 2 is 1.86 bits per heavy atom. The van der Waals surface area contributed by atoms with Crippen LogP contribution in [0.15, 0.2) is 56.9 Å². The van der Waals surface area contributed by atoms with Gasteiger partial charge in [-0.15, -0.1) is 11.3 Å². The van der Waals surface area contributed by atoms with Crippen molar-refractivity contribution in [3.63, 3.8) is 0 Å². The second kappa shape index (κ2) is 10.7. The lowest BCUT2D eigenvalue weighted by Crippen LogP contribution is -2.23. The molecule has 5 rings (SSSR count). The fraction of sp³-hybridized carbons (Fsp3) is 0.269. The average Bonchev–Trinajstić information content (AvgIpc) is 3.27. The van der Waals surface area contributed by atoms with Crippen LogP contribution in [0.1, 0.15) is 23.3 Å². The van der Waals surface area contributed by atoms with E-state index in [1.807, 2.05) is 24.3 Å². The van der Waals surface area contributed by atoms with E-state index in [1.54, 1.807) is 48.3 Å². The predicted molar refractivity (Wildman–Crippen MR) is 148 cm³/mol. The van der Waals surface area contributed by atoms with Crippen LogP contribution in [0.2, 0.25) is 0 Å². The number of ether oxygens (including phenoxy) is 2. The minimum absolute atomic E-state index is 0.0791. The number of amides is 1. The zero-order valence-electron chi connectivity index (χ0n) is 19.8. The highest BCUT2D eigenvalue weighted by Gasteiger charge is 2.23. The first-order chi connectivity index (χ1) is 17.5. The first-order valence-corrected chi connectivity index (χ1v) is 14.1. The van der Waals surface area contributed by atoms with Gasteiger partial charge in [0.15, 0.2) is 16.7 Å². The highest BCUT2D eigenvalue weighted by molar-refractivity contribution is 9.10. The molecule has 0 unspecified atom stereocenters. The van der Waals surface area contributed by atoms with E-state index in [0.717, 1.165) is 51.6 Å². The molecule has 0 saturated heterocycles. The Kier molecular flexibility index (Phi) is 7.36. The van der Waals surface area contributed by atoms with E-state index in [0.29, 0.717) is 22.3 Å². The lowest BCUT2D eigenvalue weighted by molar-refractivity contribution is -0.113. The standard InChI is InChI=1S/C26H24BrN3O4S2/c1-33-19-12-9-16(13-20(19)34-2)28-22(31)14-35-26-29-24-23(18-5-3-4-6-21(18)36-24)25(32)30(26)17-10-7-15(27)8-11-17/h7-13H,3-6,14H2,1-2H3,(H,28,31). The molecule has 0 bridgehead atoms. The molecule has 0 saturated carbocycles. The Morgan fingerprint density at radius 1 is 1.11 bits per heavy atom. The SMILES string of the molecule is COc1ccc(NC(=O)CSc2nc3sc4c(c3c(=O)n2-c2ccc(Br)cc2)CCCC4)cc1OC. The van der Waals surface area contributed by atoms with Crippen molar-refractivity contribution in [2.24, 2.45) is 0 Å². The van der Waals surface area contributed by atoms with Gasteiger partial charge in [-0.2, -0.15) is 0 Å². The molecule has 0 fully saturated rings. The molecule has 4 aromatic rings. The summed E-state index contributed by atoms with van der Waals surface area (Å²) in [5.74, 6) is 0.989. The van der Waals surface area contributed by atoms with Crippen LogP contribution in [0, 0.1) is 0 Å². The fourth-order valence-electron chi connectivity index (χ4n) is 4.34. The Balaban J connectivity index is 1.47. The molecule has 0 aliphatic heterocycles. The Labute approximate surface area is 225 Å². The van der Waals surface area contributed by atoms with E-state index in [1.165, 1.54) is 16.6 Å². The maximum Gasteiger partial charge on any atom is 0.267 e. The maximum absolute atomic E-state index is 13.8. The topological polar surface area (TPSA) is 82.5 Å². The van der Waals surface area contributed by atoms with Crippen LogP contribution < -0.4 is 20.3 Å². The number of aryl methyl sites for hydroxylation is 2. The van der Waals surface area contributed by atoms with E-state index in [4.69, 9.17) is 14.5 Å². The van der Waals surface area contributed by atoms with Crippen LogP contribution in [-0.2, 0) is 17.6 Å². The van der Waals surface area contributed by atoms with Gasteiger partial charge in [-0.1, -0.05) is 27.7 Å². The number of thioether (sulfide) groups is 1. The first-order valence-electron chi connectivity index (χ1n) is 11.5. The number of methoxy groups -OCH3 is 2. The van der Waals surface area contributed by atoms with Crippen molar-refractivity contribution in [3.05, 3.63) is 67.7 Å². The highest BCUT2D eigenvalue weighted by Crippen LogP contribution is 2.35. The zero-order valence-corrected chi connectivity index (χ0v) is 23.0. The summed E-state index contributed by atoms with van der Waals surface area (Å²) < 4.78 is 13.1. The number of anilines is 1. The summed E-state index contributed by atoms with van der Waals surface area (Å²) in [4.78, 5) is 33.5. The van der Waals surface area contributed by atoms with Gasteiger partial charge in [0.05, 0.1) is 31.0 Å². The second-order valence-corrected chi connectivity index (χ2v) is 11.3. The van der Waals surface area contributed by atoms with Crippen LogP contribution in [0.5, 0.6) is 11.5 Å². The molecular weight excluding hydrogens is 562 g/mol. The van der Waals surface area contributed by atoms with Gasteiger partial charge in [-0.05, 0) is 67.6 Å². The molecule has 0 atom stereocenters. The predicted octanol–water partition coefficient (Wildman–Crippen LogP) is 5.84. The number of aromatic nitrogens is 2. The van der Waals surface area contributed by atoms with Crippen LogP contribution in [-0.4, -0.2) is 35.4 Å². The number of nitrogens with one attached hydrogen (secondary N) is 1. The number of hydrogen-bond donors (Lipinski definition) is 1. The number of carbonyl (C=O) groups excluding carboxylic acids is 1. The van der Waals surface area contributed by atoms with Crippen molar-refractivity contribution < 1.29 is 14.3 Å². The molecule has 1 amide bonds. The van der Waals surface area contributed by atoms with Gasteiger partial charge in [0.2, 0.25) is 5.91 Å². The summed E-state index contributed by atoms with van der Waals surface area (Å²) >= 11 is 6.31. The summed E-state index contributed by atoms with van der Waals surface area (Å²) in [7, 11) is 3.11. The third kappa shape index (κ3) is 4.89. The summed E-state index contributed by atoms with van der Waals surface area (Å²) in [6.45, 7) is 0. The van der Waals surface area contributed by atoms with Crippen LogP contribution >= 0.6 is 39.0 Å². The molecule has 0 spiro atoms. The number of carbonyl (C=O) groups is 1. The monoisotopic (exact) mass is 585 g/mol. The fourth-order valence-corrected chi connectivity index (χ4v) is 6.72. The first kappa shape index (κ1) is 24.9.